The first kappa shape index (κ1) is 12.7. The molecule has 2 atom stereocenters. The highest BCUT2D eigenvalue weighted by molar-refractivity contribution is 7.90. The fourth-order valence-corrected chi connectivity index (χ4v) is 1.98. The Morgan fingerprint density at radius 1 is 1.56 bits per heavy atom. The Kier molecular flexibility index (Phi) is 3.67. The van der Waals surface area contributed by atoms with Crippen molar-refractivity contribution in [3.05, 3.63) is 17.8 Å². The summed E-state index contributed by atoms with van der Waals surface area (Å²) in [6.45, 7) is 4.64. The van der Waals surface area contributed by atoms with Gasteiger partial charge >= 0.3 is 0 Å². The third-order valence-electron chi connectivity index (χ3n) is 2.00. The van der Waals surface area contributed by atoms with Crippen LogP contribution in [0.5, 0.6) is 0 Å². The van der Waals surface area contributed by atoms with E-state index in [9.17, 15) is 8.42 Å². The zero-order valence-corrected chi connectivity index (χ0v) is 10.1. The molecule has 7 heteroatoms. The van der Waals surface area contributed by atoms with E-state index in [4.69, 9.17) is 9.68 Å². The Labute approximate surface area is 94.3 Å². The molecule has 16 heavy (non-hydrogen) atoms. The Balaban J connectivity index is 2.80. The summed E-state index contributed by atoms with van der Waals surface area (Å²) < 4.78 is 30.6. The molecule has 1 rings (SSSR count). The van der Waals surface area contributed by atoms with Gasteiger partial charge in [0.15, 0.2) is 5.25 Å². The van der Waals surface area contributed by atoms with Gasteiger partial charge in [-0.05, 0) is 20.8 Å². The molecular formula is C9H13N3O3S. The van der Waals surface area contributed by atoms with Gasteiger partial charge in [0.2, 0.25) is 15.9 Å². The lowest BCUT2D eigenvalue weighted by molar-refractivity contribution is 0.427. The molecule has 0 fully saturated rings. The van der Waals surface area contributed by atoms with Gasteiger partial charge in [0.05, 0.1) is 18.3 Å². The number of rotatable bonds is 4. The standard InChI is InChI=1S/C9H13N3O3S/c1-6-5-11-9(15-6)8(3)12-16(13,14)7(2)4-10/h5,7-8,12H,1-3H3. The van der Waals surface area contributed by atoms with Crippen LogP contribution in [0.1, 0.15) is 31.5 Å². The Morgan fingerprint density at radius 2 is 2.19 bits per heavy atom. The number of aryl methyl sites for hydroxylation is 1. The molecule has 1 heterocycles. The van der Waals surface area contributed by atoms with E-state index in [0.29, 0.717) is 5.76 Å². The smallest absolute Gasteiger partial charge is 0.228 e. The van der Waals surface area contributed by atoms with Crippen molar-refractivity contribution < 1.29 is 12.8 Å². The SMILES string of the molecule is Cc1cnc(C(C)NS(=O)(=O)C(C)C#N)o1. The topological polar surface area (TPSA) is 96.0 Å². The molecule has 0 aliphatic carbocycles. The predicted octanol–water partition coefficient (Wildman–Crippen LogP) is 0.876. The summed E-state index contributed by atoms with van der Waals surface area (Å²) in [6.07, 6.45) is 1.51. The van der Waals surface area contributed by atoms with Crippen molar-refractivity contribution in [3.63, 3.8) is 0 Å². The highest BCUT2D eigenvalue weighted by Crippen LogP contribution is 2.14. The minimum atomic E-state index is -3.66. The van der Waals surface area contributed by atoms with Gasteiger partial charge in [0.25, 0.3) is 0 Å². The molecule has 0 aliphatic rings. The molecule has 88 valence electrons. The maximum atomic E-state index is 11.5. The largest absolute Gasteiger partial charge is 0.444 e. The summed E-state index contributed by atoms with van der Waals surface area (Å²) in [5.41, 5.74) is 0. The first-order valence-corrected chi connectivity index (χ1v) is 6.24. The zero-order chi connectivity index (χ0) is 12.3. The van der Waals surface area contributed by atoms with Crippen molar-refractivity contribution in [3.8, 4) is 6.07 Å². The molecule has 6 nitrogen and oxygen atoms in total. The van der Waals surface area contributed by atoms with E-state index in [1.165, 1.54) is 13.1 Å². The molecule has 0 amide bonds. The van der Waals surface area contributed by atoms with Crippen LogP contribution in [0.4, 0.5) is 0 Å². The van der Waals surface area contributed by atoms with Crippen molar-refractivity contribution in [2.24, 2.45) is 0 Å². The molecule has 2 unspecified atom stereocenters. The van der Waals surface area contributed by atoms with Crippen LogP contribution in [0.2, 0.25) is 0 Å². The summed E-state index contributed by atoms with van der Waals surface area (Å²) in [6, 6.07) is 1.08. The van der Waals surface area contributed by atoms with E-state index >= 15 is 0 Å². The molecule has 0 spiro atoms. The van der Waals surface area contributed by atoms with Crippen molar-refractivity contribution in [2.75, 3.05) is 0 Å². The van der Waals surface area contributed by atoms with E-state index in [0.717, 1.165) is 0 Å². The van der Waals surface area contributed by atoms with E-state index in [1.807, 2.05) is 0 Å². The second-order valence-electron chi connectivity index (χ2n) is 3.47. The van der Waals surface area contributed by atoms with Gasteiger partial charge in [-0.15, -0.1) is 0 Å². The maximum absolute atomic E-state index is 11.5. The Hall–Kier alpha value is -1.39. The molecular weight excluding hydrogens is 230 g/mol. The molecule has 0 bridgehead atoms. The van der Waals surface area contributed by atoms with E-state index in [2.05, 4.69) is 9.71 Å². The number of nitrogens with one attached hydrogen (secondary N) is 1. The number of sulfonamides is 1. The Morgan fingerprint density at radius 3 is 2.62 bits per heavy atom. The summed E-state index contributed by atoms with van der Waals surface area (Å²) in [7, 11) is -3.66. The van der Waals surface area contributed by atoms with Gasteiger partial charge < -0.3 is 4.42 Å². The summed E-state index contributed by atoms with van der Waals surface area (Å²) in [4.78, 5) is 3.91. The number of nitriles is 1. The summed E-state index contributed by atoms with van der Waals surface area (Å²) >= 11 is 0. The van der Waals surface area contributed by atoms with Crippen molar-refractivity contribution in [2.45, 2.75) is 32.1 Å². The van der Waals surface area contributed by atoms with Crippen LogP contribution < -0.4 is 4.72 Å². The van der Waals surface area contributed by atoms with Crippen LogP contribution in [0.3, 0.4) is 0 Å². The third-order valence-corrected chi connectivity index (χ3v) is 3.72. The van der Waals surface area contributed by atoms with Gasteiger partial charge in [-0.3, -0.25) is 0 Å². The monoisotopic (exact) mass is 243 g/mol. The number of nitrogens with zero attached hydrogens (tertiary/aromatic N) is 2. The van der Waals surface area contributed by atoms with Crippen LogP contribution in [0.15, 0.2) is 10.6 Å². The molecule has 0 saturated carbocycles. The van der Waals surface area contributed by atoms with Gasteiger partial charge in [0, 0.05) is 0 Å². The zero-order valence-electron chi connectivity index (χ0n) is 9.26. The van der Waals surface area contributed by atoms with Crippen LogP contribution in [0.25, 0.3) is 0 Å². The van der Waals surface area contributed by atoms with Crippen molar-refractivity contribution in [1.82, 2.24) is 9.71 Å². The first-order chi connectivity index (χ1) is 7.36. The van der Waals surface area contributed by atoms with Crippen LogP contribution in [-0.2, 0) is 10.0 Å². The van der Waals surface area contributed by atoms with Crippen LogP contribution in [0, 0.1) is 18.3 Å². The molecule has 0 aliphatic heterocycles. The molecule has 0 radical (unpaired) electrons. The average Bonchev–Trinajstić information content (AvgIpc) is 2.63. The molecule has 1 aromatic heterocycles. The Bertz CT molecular complexity index is 500. The van der Waals surface area contributed by atoms with Crippen LogP contribution >= 0.6 is 0 Å². The van der Waals surface area contributed by atoms with Crippen molar-refractivity contribution in [1.29, 1.82) is 5.26 Å². The lowest BCUT2D eigenvalue weighted by Gasteiger charge is -2.11. The van der Waals surface area contributed by atoms with Crippen molar-refractivity contribution >= 4 is 10.0 Å². The fourth-order valence-electron chi connectivity index (χ4n) is 1.04. The summed E-state index contributed by atoms with van der Waals surface area (Å²) in [5, 5.41) is 7.44. The molecule has 1 N–H and O–H groups in total. The minimum Gasteiger partial charge on any atom is -0.444 e. The average molecular weight is 243 g/mol. The normalized spacial score (nSPS) is 15.4. The summed E-state index contributed by atoms with van der Waals surface area (Å²) in [5.74, 6) is 0.889. The van der Waals surface area contributed by atoms with E-state index in [-0.39, 0.29) is 5.89 Å². The minimum absolute atomic E-state index is 0.284. The maximum Gasteiger partial charge on any atom is 0.228 e. The number of hydrogen-bond donors (Lipinski definition) is 1. The predicted molar refractivity (Wildman–Crippen MR) is 56.8 cm³/mol. The van der Waals surface area contributed by atoms with Gasteiger partial charge in [-0.1, -0.05) is 0 Å². The fraction of sp³-hybridized carbons (Fsp3) is 0.556. The van der Waals surface area contributed by atoms with Gasteiger partial charge in [0.1, 0.15) is 5.76 Å². The number of hydrogen-bond acceptors (Lipinski definition) is 5. The molecule has 0 aromatic carbocycles. The van der Waals surface area contributed by atoms with Gasteiger partial charge in [-0.25, -0.2) is 18.1 Å². The van der Waals surface area contributed by atoms with E-state index < -0.39 is 21.3 Å². The highest BCUT2D eigenvalue weighted by atomic mass is 32.2. The lowest BCUT2D eigenvalue weighted by atomic mass is 10.4. The lowest BCUT2D eigenvalue weighted by Crippen LogP contribution is -2.33. The van der Waals surface area contributed by atoms with Gasteiger partial charge in [-0.2, -0.15) is 5.26 Å². The number of oxazole rings is 1. The molecule has 1 aromatic rings. The second-order valence-corrected chi connectivity index (χ2v) is 5.50. The highest BCUT2D eigenvalue weighted by Gasteiger charge is 2.24. The third kappa shape index (κ3) is 2.81. The first-order valence-electron chi connectivity index (χ1n) is 4.70. The van der Waals surface area contributed by atoms with Crippen LogP contribution in [-0.4, -0.2) is 18.7 Å². The second kappa shape index (κ2) is 4.63. The molecule has 0 saturated heterocycles. The number of aromatic nitrogens is 1. The quantitative estimate of drug-likeness (QED) is 0.846. The van der Waals surface area contributed by atoms with E-state index in [1.54, 1.807) is 19.9 Å².